The first kappa shape index (κ1) is 17.0. The van der Waals surface area contributed by atoms with E-state index in [4.69, 9.17) is 33.7 Å². The van der Waals surface area contributed by atoms with Crippen LogP contribution in [0.25, 0.3) is 6.08 Å². The van der Waals surface area contributed by atoms with Crippen molar-refractivity contribution in [2.45, 2.75) is 13.8 Å². The molecule has 0 radical (unpaired) electrons. The SMILES string of the molecule is CCOCC.NC(=O)C=Cc1ccc(Cl)c(Cl)c1. The number of amides is 1. The van der Waals surface area contributed by atoms with Gasteiger partial charge in [0.25, 0.3) is 0 Å². The zero-order valence-corrected chi connectivity index (χ0v) is 12.0. The second-order valence-electron chi connectivity index (χ2n) is 3.19. The summed E-state index contributed by atoms with van der Waals surface area (Å²) in [5, 5.41) is 0.936. The maximum absolute atomic E-state index is 10.4. The fourth-order valence-corrected chi connectivity index (χ4v) is 1.31. The molecule has 0 aromatic heterocycles. The van der Waals surface area contributed by atoms with Gasteiger partial charge in [-0.15, -0.1) is 0 Å². The summed E-state index contributed by atoms with van der Waals surface area (Å²) in [4.78, 5) is 10.4. The first-order valence-electron chi connectivity index (χ1n) is 5.51. The lowest BCUT2D eigenvalue weighted by atomic mass is 10.2. The van der Waals surface area contributed by atoms with E-state index in [1.807, 2.05) is 13.8 Å². The highest BCUT2D eigenvalue weighted by Crippen LogP contribution is 2.22. The Balaban J connectivity index is 0.000000494. The van der Waals surface area contributed by atoms with Crippen LogP contribution in [0.3, 0.4) is 0 Å². The van der Waals surface area contributed by atoms with Crippen molar-refractivity contribution in [2.24, 2.45) is 5.73 Å². The number of primary amides is 1. The smallest absolute Gasteiger partial charge is 0.241 e. The maximum Gasteiger partial charge on any atom is 0.241 e. The van der Waals surface area contributed by atoms with E-state index in [1.54, 1.807) is 24.3 Å². The van der Waals surface area contributed by atoms with Crippen LogP contribution in [-0.2, 0) is 9.53 Å². The van der Waals surface area contributed by atoms with Gasteiger partial charge in [0, 0.05) is 19.3 Å². The van der Waals surface area contributed by atoms with E-state index < -0.39 is 5.91 Å². The third-order valence-electron chi connectivity index (χ3n) is 1.79. The van der Waals surface area contributed by atoms with Crippen molar-refractivity contribution in [3.63, 3.8) is 0 Å². The van der Waals surface area contributed by atoms with Gasteiger partial charge < -0.3 is 10.5 Å². The van der Waals surface area contributed by atoms with E-state index >= 15 is 0 Å². The zero-order chi connectivity index (χ0) is 14.0. The molecule has 0 saturated heterocycles. The molecule has 2 N–H and O–H groups in total. The lowest BCUT2D eigenvalue weighted by Crippen LogP contribution is -2.04. The van der Waals surface area contributed by atoms with Crippen molar-refractivity contribution in [1.29, 1.82) is 0 Å². The van der Waals surface area contributed by atoms with Crippen LogP contribution in [0.1, 0.15) is 19.4 Å². The lowest BCUT2D eigenvalue weighted by molar-refractivity contribution is -0.113. The van der Waals surface area contributed by atoms with Gasteiger partial charge in [-0.25, -0.2) is 0 Å². The molecule has 0 unspecified atom stereocenters. The van der Waals surface area contributed by atoms with Crippen LogP contribution in [0.5, 0.6) is 0 Å². The molecule has 18 heavy (non-hydrogen) atoms. The van der Waals surface area contributed by atoms with E-state index in [1.165, 1.54) is 6.08 Å². The van der Waals surface area contributed by atoms with Gasteiger partial charge in [-0.05, 0) is 37.6 Å². The second-order valence-corrected chi connectivity index (χ2v) is 4.01. The Morgan fingerprint density at radius 3 is 2.28 bits per heavy atom. The fourth-order valence-electron chi connectivity index (χ4n) is 0.999. The van der Waals surface area contributed by atoms with E-state index in [0.717, 1.165) is 18.8 Å². The minimum atomic E-state index is -0.494. The molecule has 0 aliphatic heterocycles. The van der Waals surface area contributed by atoms with Crippen molar-refractivity contribution >= 4 is 35.2 Å². The summed E-state index contributed by atoms with van der Waals surface area (Å²) in [5.41, 5.74) is 5.71. The van der Waals surface area contributed by atoms with Crippen LogP contribution >= 0.6 is 23.2 Å². The van der Waals surface area contributed by atoms with E-state index in [-0.39, 0.29) is 0 Å². The Kier molecular flexibility index (Phi) is 9.38. The normalized spacial score (nSPS) is 10.0. The number of rotatable bonds is 4. The average molecular weight is 290 g/mol. The van der Waals surface area contributed by atoms with Gasteiger partial charge in [-0.2, -0.15) is 0 Å². The van der Waals surface area contributed by atoms with E-state index in [0.29, 0.717) is 10.0 Å². The number of halogens is 2. The molecule has 100 valence electrons. The van der Waals surface area contributed by atoms with Gasteiger partial charge in [0.05, 0.1) is 10.0 Å². The predicted octanol–water partition coefficient (Wildman–Crippen LogP) is 3.53. The first-order valence-corrected chi connectivity index (χ1v) is 6.27. The minimum Gasteiger partial charge on any atom is -0.382 e. The molecule has 0 aliphatic carbocycles. The minimum absolute atomic E-state index is 0.452. The number of benzene rings is 1. The van der Waals surface area contributed by atoms with Crippen LogP contribution in [0.2, 0.25) is 10.0 Å². The van der Waals surface area contributed by atoms with Gasteiger partial charge in [0.15, 0.2) is 0 Å². The Morgan fingerprint density at radius 2 is 1.89 bits per heavy atom. The second kappa shape index (κ2) is 9.95. The Labute approximate surface area is 118 Å². The van der Waals surface area contributed by atoms with Gasteiger partial charge in [-0.3, -0.25) is 4.79 Å². The lowest BCUT2D eigenvalue weighted by Gasteiger charge is -1.96. The topological polar surface area (TPSA) is 52.3 Å². The standard InChI is InChI=1S/C9H7Cl2NO.C4H10O/c10-7-3-1-6(5-8(7)11)2-4-9(12)13;1-3-5-4-2/h1-5H,(H2,12,13);3-4H2,1-2H3. The van der Waals surface area contributed by atoms with Crippen LogP contribution in [0.4, 0.5) is 0 Å². The molecule has 1 rings (SSSR count). The molecule has 5 heteroatoms. The Morgan fingerprint density at radius 1 is 1.28 bits per heavy atom. The maximum atomic E-state index is 10.4. The molecule has 1 amide bonds. The number of carbonyl (C=O) groups excluding carboxylic acids is 1. The monoisotopic (exact) mass is 289 g/mol. The van der Waals surface area contributed by atoms with Crippen molar-refractivity contribution in [3.8, 4) is 0 Å². The van der Waals surface area contributed by atoms with Crippen LogP contribution in [0, 0.1) is 0 Å². The van der Waals surface area contributed by atoms with Crippen LogP contribution < -0.4 is 5.73 Å². The Hall–Kier alpha value is -1.03. The highest BCUT2D eigenvalue weighted by Gasteiger charge is 1.96. The molecule has 0 aliphatic rings. The number of nitrogens with two attached hydrogens (primary N) is 1. The highest BCUT2D eigenvalue weighted by molar-refractivity contribution is 6.42. The summed E-state index contributed by atoms with van der Waals surface area (Å²) < 4.78 is 4.83. The van der Waals surface area contributed by atoms with E-state index in [2.05, 4.69) is 0 Å². The number of hydrogen-bond acceptors (Lipinski definition) is 2. The summed E-state index contributed by atoms with van der Waals surface area (Å²) in [6.45, 7) is 5.67. The molecule has 0 heterocycles. The number of carbonyl (C=O) groups is 1. The third-order valence-corrected chi connectivity index (χ3v) is 2.53. The zero-order valence-electron chi connectivity index (χ0n) is 10.5. The van der Waals surface area contributed by atoms with Crippen molar-refractivity contribution in [2.75, 3.05) is 13.2 Å². The molecule has 0 saturated carbocycles. The largest absolute Gasteiger partial charge is 0.382 e. The van der Waals surface area contributed by atoms with Gasteiger partial charge in [0.1, 0.15) is 0 Å². The third kappa shape index (κ3) is 8.12. The average Bonchev–Trinajstić information content (AvgIpc) is 2.32. The molecule has 1 aromatic rings. The van der Waals surface area contributed by atoms with Crippen LogP contribution in [-0.4, -0.2) is 19.1 Å². The van der Waals surface area contributed by atoms with Gasteiger partial charge >= 0.3 is 0 Å². The molecule has 0 bridgehead atoms. The summed E-state index contributed by atoms with van der Waals surface area (Å²) in [6.07, 6.45) is 2.84. The highest BCUT2D eigenvalue weighted by atomic mass is 35.5. The van der Waals surface area contributed by atoms with Crippen molar-refractivity contribution < 1.29 is 9.53 Å². The molecule has 0 spiro atoms. The first-order chi connectivity index (χ1) is 8.51. The van der Waals surface area contributed by atoms with Gasteiger partial charge in [0.2, 0.25) is 5.91 Å². The fraction of sp³-hybridized carbons (Fsp3) is 0.308. The summed E-state index contributed by atoms with van der Waals surface area (Å²) >= 11 is 11.4. The van der Waals surface area contributed by atoms with E-state index in [9.17, 15) is 4.79 Å². The Bertz CT molecular complexity index is 404. The molecule has 1 aromatic carbocycles. The molecule has 0 fully saturated rings. The van der Waals surface area contributed by atoms with Gasteiger partial charge in [-0.1, -0.05) is 29.3 Å². The van der Waals surface area contributed by atoms with Crippen LogP contribution in [0.15, 0.2) is 24.3 Å². The molecule has 0 atom stereocenters. The quantitative estimate of drug-likeness (QED) is 0.862. The summed E-state index contributed by atoms with van der Waals surface area (Å²) in [5.74, 6) is -0.494. The summed E-state index contributed by atoms with van der Waals surface area (Å²) in [7, 11) is 0. The summed E-state index contributed by atoms with van der Waals surface area (Å²) in [6, 6.07) is 5.06. The molecule has 3 nitrogen and oxygen atoms in total. The number of hydrogen-bond donors (Lipinski definition) is 1. The predicted molar refractivity (Wildman–Crippen MR) is 76.9 cm³/mol. The van der Waals surface area contributed by atoms with Crippen molar-refractivity contribution in [1.82, 2.24) is 0 Å². The van der Waals surface area contributed by atoms with Crippen molar-refractivity contribution in [3.05, 3.63) is 39.9 Å². The molecular weight excluding hydrogens is 273 g/mol. The molecular formula is C13H17Cl2NO2. The number of ether oxygens (including phenoxy) is 1.